The standard InChI is InChI=1S/C17H26N2O3/c1-21-13-10-15(20)17(16(11-13)22-2)14(9-12-3-4-12)19-7-5-18-6-8-19/h10-12,14,18,20H,3-9H2,1-2H3/t14-/m1/s1. The molecule has 1 aliphatic heterocycles. The van der Waals surface area contributed by atoms with Gasteiger partial charge in [-0.15, -0.1) is 0 Å². The number of piperazine rings is 1. The number of nitrogens with zero attached hydrogens (tertiary/aromatic N) is 1. The van der Waals surface area contributed by atoms with E-state index in [0.717, 1.165) is 49.8 Å². The minimum absolute atomic E-state index is 0.218. The van der Waals surface area contributed by atoms with Crippen LogP contribution in [0.25, 0.3) is 0 Å². The number of phenolic OH excluding ortho intramolecular Hbond substituents is 1. The van der Waals surface area contributed by atoms with E-state index in [2.05, 4.69) is 10.2 Å². The summed E-state index contributed by atoms with van der Waals surface area (Å²) in [5.74, 6) is 2.41. The molecule has 0 bridgehead atoms. The molecule has 122 valence electrons. The van der Waals surface area contributed by atoms with E-state index in [0.29, 0.717) is 5.75 Å². The summed E-state index contributed by atoms with van der Waals surface area (Å²) >= 11 is 0. The maximum atomic E-state index is 10.6. The van der Waals surface area contributed by atoms with Gasteiger partial charge in [-0.3, -0.25) is 4.90 Å². The van der Waals surface area contributed by atoms with Crippen LogP contribution < -0.4 is 14.8 Å². The van der Waals surface area contributed by atoms with Crippen LogP contribution in [-0.2, 0) is 0 Å². The number of nitrogens with one attached hydrogen (secondary N) is 1. The number of aromatic hydroxyl groups is 1. The molecule has 3 rings (SSSR count). The Kier molecular flexibility index (Phi) is 4.74. The van der Waals surface area contributed by atoms with Gasteiger partial charge in [0.15, 0.2) is 0 Å². The summed E-state index contributed by atoms with van der Waals surface area (Å²) in [7, 11) is 3.26. The SMILES string of the molecule is COc1cc(O)c([C@@H](CC2CC2)N2CCNCC2)c(OC)c1. The van der Waals surface area contributed by atoms with E-state index in [1.807, 2.05) is 6.07 Å². The summed E-state index contributed by atoms with van der Waals surface area (Å²) < 4.78 is 10.8. The third-order valence-electron chi connectivity index (χ3n) is 4.73. The maximum absolute atomic E-state index is 10.6. The van der Waals surface area contributed by atoms with Crippen LogP contribution in [0.3, 0.4) is 0 Å². The topological polar surface area (TPSA) is 54.0 Å². The van der Waals surface area contributed by atoms with E-state index in [9.17, 15) is 5.11 Å². The highest BCUT2D eigenvalue weighted by molar-refractivity contribution is 5.51. The van der Waals surface area contributed by atoms with Gasteiger partial charge in [0.1, 0.15) is 17.2 Å². The van der Waals surface area contributed by atoms with Crippen molar-refractivity contribution in [3.05, 3.63) is 17.7 Å². The molecule has 1 heterocycles. The fourth-order valence-corrected chi connectivity index (χ4v) is 3.32. The van der Waals surface area contributed by atoms with Crippen molar-refractivity contribution in [2.24, 2.45) is 5.92 Å². The van der Waals surface area contributed by atoms with Gasteiger partial charge in [-0.25, -0.2) is 0 Å². The van der Waals surface area contributed by atoms with Crippen molar-refractivity contribution >= 4 is 0 Å². The molecule has 5 heteroatoms. The number of ether oxygens (including phenoxy) is 2. The monoisotopic (exact) mass is 306 g/mol. The Hall–Kier alpha value is -1.46. The molecule has 0 spiro atoms. The first-order valence-electron chi connectivity index (χ1n) is 8.12. The second-order valence-electron chi connectivity index (χ2n) is 6.24. The van der Waals surface area contributed by atoms with Crippen molar-refractivity contribution in [2.75, 3.05) is 40.4 Å². The van der Waals surface area contributed by atoms with Gasteiger partial charge in [-0.05, 0) is 12.3 Å². The molecule has 0 aromatic heterocycles. The zero-order valence-corrected chi connectivity index (χ0v) is 13.5. The summed E-state index contributed by atoms with van der Waals surface area (Å²) in [6, 6.07) is 3.78. The lowest BCUT2D eigenvalue weighted by atomic mass is 9.96. The molecule has 1 aliphatic carbocycles. The van der Waals surface area contributed by atoms with Crippen LogP contribution >= 0.6 is 0 Å². The van der Waals surface area contributed by atoms with Crippen molar-refractivity contribution in [3.63, 3.8) is 0 Å². The molecule has 0 amide bonds. The molecule has 5 nitrogen and oxygen atoms in total. The molecule has 1 aromatic carbocycles. The third kappa shape index (κ3) is 3.31. The number of hydrogen-bond donors (Lipinski definition) is 2. The summed E-state index contributed by atoms with van der Waals surface area (Å²) in [5.41, 5.74) is 0.914. The van der Waals surface area contributed by atoms with E-state index >= 15 is 0 Å². The van der Waals surface area contributed by atoms with Crippen LogP contribution in [0.1, 0.15) is 30.9 Å². The van der Waals surface area contributed by atoms with Gasteiger partial charge in [0.05, 0.1) is 19.8 Å². The van der Waals surface area contributed by atoms with Gasteiger partial charge < -0.3 is 19.9 Å². The van der Waals surface area contributed by atoms with Crippen molar-refractivity contribution in [3.8, 4) is 17.2 Å². The molecular weight excluding hydrogens is 280 g/mol. The zero-order chi connectivity index (χ0) is 15.5. The normalized spacial score (nSPS) is 20.6. The first-order valence-corrected chi connectivity index (χ1v) is 8.12. The maximum Gasteiger partial charge on any atom is 0.131 e. The van der Waals surface area contributed by atoms with Crippen LogP contribution in [0.4, 0.5) is 0 Å². The molecule has 2 aliphatic rings. The Balaban J connectivity index is 1.94. The zero-order valence-electron chi connectivity index (χ0n) is 13.5. The number of benzene rings is 1. The van der Waals surface area contributed by atoms with Gasteiger partial charge in [-0.2, -0.15) is 0 Å². The molecule has 22 heavy (non-hydrogen) atoms. The Labute approximate surface area is 132 Å². The van der Waals surface area contributed by atoms with Crippen molar-refractivity contribution in [1.29, 1.82) is 0 Å². The highest BCUT2D eigenvalue weighted by Crippen LogP contribution is 2.46. The van der Waals surface area contributed by atoms with Gasteiger partial charge in [0.2, 0.25) is 0 Å². The molecule has 0 radical (unpaired) electrons. The molecule has 2 fully saturated rings. The first-order chi connectivity index (χ1) is 10.7. The minimum Gasteiger partial charge on any atom is -0.507 e. The van der Waals surface area contributed by atoms with E-state index in [4.69, 9.17) is 9.47 Å². The predicted molar refractivity (Wildman–Crippen MR) is 85.7 cm³/mol. The smallest absolute Gasteiger partial charge is 0.131 e. The molecule has 2 N–H and O–H groups in total. The first kappa shape index (κ1) is 15.4. The van der Waals surface area contributed by atoms with E-state index in [-0.39, 0.29) is 11.8 Å². The van der Waals surface area contributed by atoms with Gasteiger partial charge in [0.25, 0.3) is 0 Å². The lowest BCUT2D eigenvalue weighted by molar-refractivity contribution is 0.155. The molecule has 1 atom stereocenters. The van der Waals surface area contributed by atoms with Crippen molar-refractivity contribution in [1.82, 2.24) is 10.2 Å². The predicted octanol–water partition coefficient (Wildman–Crippen LogP) is 2.16. The fourth-order valence-electron chi connectivity index (χ4n) is 3.32. The van der Waals surface area contributed by atoms with Crippen LogP contribution in [0.15, 0.2) is 12.1 Å². The van der Waals surface area contributed by atoms with Crippen molar-refractivity contribution in [2.45, 2.75) is 25.3 Å². The quantitative estimate of drug-likeness (QED) is 0.843. The minimum atomic E-state index is 0.218. The molecular formula is C17H26N2O3. The number of methoxy groups -OCH3 is 2. The van der Waals surface area contributed by atoms with Crippen LogP contribution in [0, 0.1) is 5.92 Å². The van der Waals surface area contributed by atoms with E-state index in [1.165, 1.54) is 12.8 Å². The number of phenols is 1. The Morgan fingerprint density at radius 1 is 1.23 bits per heavy atom. The summed E-state index contributed by atoms with van der Waals surface area (Å²) in [6.07, 6.45) is 3.71. The molecule has 1 aromatic rings. The second-order valence-corrected chi connectivity index (χ2v) is 6.24. The van der Waals surface area contributed by atoms with Crippen molar-refractivity contribution < 1.29 is 14.6 Å². The third-order valence-corrected chi connectivity index (χ3v) is 4.73. The Morgan fingerprint density at radius 3 is 2.55 bits per heavy atom. The number of hydrogen-bond acceptors (Lipinski definition) is 5. The average molecular weight is 306 g/mol. The van der Waals surface area contributed by atoms with Gasteiger partial charge >= 0.3 is 0 Å². The lowest BCUT2D eigenvalue weighted by Gasteiger charge is -2.36. The number of rotatable bonds is 6. The van der Waals surface area contributed by atoms with Gasteiger partial charge in [0, 0.05) is 44.4 Å². The van der Waals surface area contributed by atoms with E-state index in [1.54, 1.807) is 20.3 Å². The lowest BCUT2D eigenvalue weighted by Crippen LogP contribution is -2.45. The van der Waals surface area contributed by atoms with Crippen LogP contribution in [0.2, 0.25) is 0 Å². The highest BCUT2D eigenvalue weighted by Gasteiger charge is 2.33. The Morgan fingerprint density at radius 2 is 1.95 bits per heavy atom. The fraction of sp³-hybridized carbons (Fsp3) is 0.647. The van der Waals surface area contributed by atoms with Crippen LogP contribution in [-0.4, -0.2) is 50.4 Å². The summed E-state index contributed by atoms with van der Waals surface area (Å²) in [4.78, 5) is 2.47. The molecule has 1 saturated heterocycles. The van der Waals surface area contributed by atoms with Gasteiger partial charge in [-0.1, -0.05) is 12.8 Å². The Bertz CT molecular complexity index is 511. The molecule has 0 unspecified atom stereocenters. The highest BCUT2D eigenvalue weighted by atomic mass is 16.5. The summed E-state index contributed by atoms with van der Waals surface area (Å²) in [5, 5.41) is 14.0. The molecule has 1 saturated carbocycles. The van der Waals surface area contributed by atoms with E-state index < -0.39 is 0 Å². The largest absolute Gasteiger partial charge is 0.507 e. The second kappa shape index (κ2) is 6.75. The van der Waals surface area contributed by atoms with Crippen LogP contribution in [0.5, 0.6) is 17.2 Å². The summed E-state index contributed by atoms with van der Waals surface area (Å²) in [6.45, 7) is 4.01. The average Bonchev–Trinajstić information content (AvgIpc) is 3.37.